The third kappa shape index (κ3) is 4.13. The molecule has 1 aliphatic heterocycles. The first-order valence-electron chi connectivity index (χ1n) is 6.62. The van der Waals surface area contributed by atoms with Gasteiger partial charge in [-0.3, -0.25) is 0 Å². The van der Waals surface area contributed by atoms with Crippen molar-refractivity contribution in [3.63, 3.8) is 0 Å². The van der Waals surface area contributed by atoms with E-state index in [0.29, 0.717) is 38.5 Å². The molecule has 1 aromatic carbocycles. The molecule has 0 amide bonds. The summed E-state index contributed by atoms with van der Waals surface area (Å²) in [5.41, 5.74) is 4.59. The summed E-state index contributed by atoms with van der Waals surface area (Å²) in [6.07, 6.45) is -3.29. The van der Waals surface area contributed by atoms with Gasteiger partial charge in [-0.15, -0.1) is 12.4 Å². The second-order valence-electron chi connectivity index (χ2n) is 5.11. The lowest BCUT2D eigenvalue weighted by molar-refractivity contribution is -0.137. The average molecular weight is 359 g/mol. The standard InChI is InChI=1S/C13H17F3N2O2S.ClH/c14-13(15,16)11-2-1-3-12(8-11)21(19,20)18-6-4-10(9-17)5-7-18;/h1-3,8,10H,4-7,9,17H2;1H. The molecule has 2 rings (SSSR count). The van der Waals surface area contributed by atoms with E-state index >= 15 is 0 Å². The molecular formula is C13H18ClF3N2O2S. The van der Waals surface area contributed by atoms with Crippen LogP contribution in [0.1, 0.15) is 18.4 Å². The van der Waals surface area contributed by atoms with Crippen LogP contribution >= 0.6 is 12.4 Å². The lowest BCUT2D eigenvalue weighted by Gasteiger charge is -2.30. The first kappa shape index (κ1) is 19.2. The first-order valence-corrected chi connectivity index (χ1v) is 8.06. The summed E-state index contributed by atoms with van der Waals surface area (Å²) in [4.78, 5) is -0.316. The van der Waals surface area contributed by atoms with Gasteiger partial charge >= 0.3 is 6.18 Å². The summed E-state index contributed by atoms with van der Waals surface area (Å²) in [5, 5.41) is 0. The van der Waals surface area contributed by atoms with Crippen LogP contribution in [0.2, 0.25) is 0 Å². The zero-order valence-corrected chi connectivity index (χ0v) is 13.3. The van der Waals surface area contributed by atoms with Crippen molar-refractivity contribution in [2.24, 2.45) is 11.7 Å². The van der Waals surface area contributed by atoms with Crippen LogP contribution in [-0.2, 0) is 16.2 Å². The molecule has 22 heavy (non-hydrogen) atoms. The fourth-order valence-electron chi connectivity index (χ4n) is 2.37. The molecule has 0 spiro atoms. The highest BCUT2D eigenvalue weighted by atomic mass is 35.5. The first-order chi connectivity index (χ1) is 9.75. The minimum atomic E-state index is -4.56. The molecule has 0 unspecified atom stereocenters. The van der Waals surface area contributed by atoms with E-state index in [0.717, 1.165) is 12.1 Å². The highest BCUT2D eigenvalue weighted by Gasteiger charge is 2.34. The van der Waals surface area contributed by atoms with Crippen LogP contribution < -0.4 is 5.73 Å². The van der Waals surface area contributed by atoms with Crippen LogP contribution in [0.25, 0.3) is 0 Å². The highest BCUT2D eigenvalue weighted by Crippen LogP contribution is 2.31. The minimum absolute atomic E-state index is 0. The van der Waals surface area contributed by atoms with Crippen molar-refractivity contribution < 1.29 is 21.6 Å². The van der Waals surface area contributed by atoms with Gasteiger partial charge in [0.25, 0.3) is 0 Å². The monoisotopic (exact) mass is 358 g/mol. The Kier molecular flexibility index (Phi) is 6.26. The second kappa shape index (κ2) is 7.16. The van der Waals surface area contributed by atoms with Crippen molar-refractivity contribution in [3.8, 4) is 0 Å². The van der Waals surface area contributed by atoms with Crippen LogP contribution in [0.4, 0.5) is 13.2 Å². The van der Waals surface area contributed by atoms with Gasteiger partial charge in [-0.25, -0.2) is 8.42 Å². The van der Waals surface area contributed by atoms with Gasteiger partial charge in [0.05, 0.1) is 10.5 Å². The molecule has 9 heteroatoms. The molecule has 0 aromatic heterocycles. The summed E-state index contributed by atoms with van der Waals surface area (Å²) in [5.74, 6) is 0.276. The maximum Gasteiger partial charge on any atom is 0.416 e. The van der Waals surface area contributed by atoms with Crippen LogP contribution in [0.3, 0.4) is 0 Å². The van der Waals surface area contributed by atoms with Crippen molar-refractivity contribution in [2.45, 2.75) is 23.9 Å². The van der Waals surface area contributed by atoms with Gasteiger partial charge in [0.2, 0.25) is 10.0 Å². The molecule has 4 nitrogen and oxygen atoms in total. The topological polar surface area (TPSA) is 63.4 Å². The number of alkyl halides is 3. The van der Waals surface area contributed by atoms with Gasteiger partial charge in [-0.1, -0.05) is 6.07 Å². The second-order valence-corrected chi connectivity index (χ2v) is 7.05. The lowest BCUT2D eigenvalue weighted by Crippen LogP contribution is -2.40. The van der Waals surface area contributed by atoms with Gasteiger partial charge in [0.1, 0.15) is 0 Å². The predicted molar refractivity (Wildman–Crippen MR) is 79.2 cm³/mol. The van der Waals surface area contributed by atoms with Crippen LogP contribution in [0.15, 0.2) is 29.2 Å². The molecule has 0 saturated carbocycles. The Hall–Kier alpha value is -0.830. The smallest absolute Gasteiger partial charge is 0.330 e. The van der Waals surface area contributed by atoms with Crippen molar-refractivity contribution in [3.05, 3.63) is 29.8 Å². The van der Waals surface area contributed by atoms with Crippen molar-refractivity contribution in [1.82, 2.24) is 4.31 Å². The zero-order valence-electron chi connectivity index (χ0n) is 11.7. The Balaban J connectivity index is 0.00000242. The molecule has 126 valence electrons. The Bertz CT molecular complexity index is 600. The molecule has 1 aliphatic rings. The summed E-state index contributed by atoms with van der Waals surface area (Å²) in [6.45, 7) is 1.08. The average Bonchev–Trinajstić information content (AvgIpc) is 2.46. The molecule has 0 atom stereocenters. The van der Waals surface area contributed by atoms with E-state index in [1.54, 1.807) is 0 Å². The van der Waals surface area contributed by atoms with Gasteiger partial charge < -0.3 is 5.73 Å². The molecule has 2 N–H and O–H groups in total. The summed E-state index contributed by atoms with van der Waals surface area (Å²) in [7, 11) is -3.88. The zero-order chi connectivity index (χ0) is 15.7. The number of hydrogen-bond donors (Lipinski definition) is 1. The van der Waals surface area contributed by atoms with E-state index in [4.69, 9.17) is 5.73 Å². The molecule has 0 radical (unpaired) electrons. The molecule has 1 heterocycles. The van der Waals surface area contributed by atoms with E-state index in [1.807, 2.05) is 0 Å². The number of rotatable bonds is 3. The SMILES string of the molecule is Cl.NCC1CCN(S(=O)(=O)c2cccc(C(F)(F)F)c2)CC1. The number of halogens is 4. The van der Waals surface area contributed by atoms with Gasteiger partial charge in [-0.2, -0.15) is 17.5 Å². The Morgan fingerprint density at radius 2 is 1.82 bits per heavy atom. The number of benzene rings is 1. The highest BCUT2D eigenvalue weighted by molar-refractivity contribution is 7.89. The summed E-state index contributed by atoms with van der Waals surface area (Å²) in [6, 6.07) is 3.85. The van der Waals surface area contributed by atoms with Crippen molar-refractivity contribution in [2.75, 3.05) is 19.6 Å². The molecule has 1 fully saturated rings. The normalized spacial score (nSPS) is 18.0. The van der Waals surface area contributed by atoms with Crippen molar-refractivity contribution in [1.29, 1.82) is 0 Å². The Morgan fingerprint density at radius 3 is 2.32 bits per heavy atom. The molecule has 0 aliphatic carbocycles. The maximum atomic E-state index is 12.7. The molecule has 1 saturated heterocycles. The van der Waals surface area contributed by atoms with Gasteiger partial charge in [0, 0.05) is 13.1 Å². The minimum Gasteiger partial charge on any atom is -0.330 e. The number of sulfonamides is 1. The van der Waals surface area contributed by atoms with E-state index in [-0.39, 0.29) is 23.2 Å². The van der Waals surface area contributed by atoms with E-state index < -0.39 is 21.8 Å². The predicted octanol–water partition coefficient (Wildman–Crippen LogP) is 2.49. The van der Waals surface area contributed by atoms with E-state index in [9.17, 15) is 21.6 Å². The van der Waals surface area contributed by atoms with Gasteiger partial charge in [0.15, 0.2) is 0 Å². The van der Waals surface area contributed by atoms with Crippen molar-refractivity contribution >= 4 is 22.4 Å². The fourth-order valence-corrected chi connectivity index (χ4v) is 3.88. The van der Waals surface area contributed by atoms with Crippen LogP contribution in [-0.4, -0.2) is 32.4 Å². The number of hydrogen-bond acceptors (Lipinski definition) is 3. The number of nitrogens with zero attached hydrogens (tertiary/aromatic N) is 1. The fraction of sp³-hybridized carbons (Fsp3) is 0.538. The van der Waals surface area contributed by atoms with E-state index in [1.165, 1.54) is 10.4 Å². The Labute approximate surface area is 133 Å². The molecular weight excluding hydrogens is 341 g/mol. The maximum absolute atomic E-state index is 12.7. The Morgan fingerprint density at radius 1 is 1.23 bits per heavy atom. The van der Waals surface area contributed by atoms with Gasteiger partial charge in [-0.05, 0) is 43.5 Å². The number of piperidine rings is 1. The quantitative estimate of drug-likeness (QED) is 0.902. The largest absolute Gasteiger partial charge is 0.416 e. The van der Waals surface area contributed by atoms with Crippen LogP contribution in [0.5, 0.6) is 0 Å². The molecule has 1 aromatic rings. The third-order valence-electron chi connectivity index (χ3n) is 3.71. The summed E-state index contributed by atoms with van der Waals surface area (Å²) >= 11 is 0. The lowest BCUT2D eigenvalue weighted by atomic mass is 9.99. The van der Waals surface area contributed by atoms with E-state index in [2.05, 4.69) is 0 Å². The van der Waals surface area contributed by atoms with Crippen LogP contribution in [0, 0.1) is 5.92 Å². The number of nitrogens with two attached hydrogens (primary N) is 1. The summed E-state index contributed by atoms with van der Waals surface area (Å²) < 4.78 is 64.0. The molecule has 0 bridgehead atoms. The third-order valence-corrected chi connectivity index (χ3v) is 5.60.